The van der Waals surface area contributed by atoms with E-state index >= 15 is 0 Å². The van der Waals surface area contributed by atoms with E-state index in [1.54, 1.807) is 21.6 Å². The molecule has 0 heterocycles. The molecule has 3 nitrogen and oxygen atoms in total. The molecule has 0 aromatic heterocycles. The van der Waals surface area contributed by atoms with Crippen molar-refractivity contribution >= 4 is 27.7 Å². The van der Waals surface area contributed by atoms with Crippen molar-refractivity contribution in [2.75, 3.05) is 12.5 Å². The summed E-state index contributed by atoms with van der Waals surface area (Å²) in [4.78, 5) is 8.78. The molecule has 0 spiro atoms. The lowest BCUT2D eigenvalue weighted by atomic mass is 11.3. The fourth-order valence-electron chi connectivity index (χ4n) is 0. The summed E-state index contributed by atoms with van der Waals surface area (Å²) in [7, 11) is 3.55. The van der Waals surface area contributed by atoms with E-state index in [4.69, 9.17) is 9.90 Å². The lowest BCUT2D eigenvalue weighted by Crippen LogP contribution is -2.03. The first-order chi connectivity index (χ1) is 3.65. The Kier molecular flexibility index (Phi) is 13.7. The van der Waals surface area contributed by atoms with E-state index in [2.05, 4.69) is 18.2 Å². The maximum absolute atomic E-state index is 8.78. The third-order valence-electron chi connectivity index (χ3n) is 0.167. The van der Waals surface area contributed by atoms with E-state index < -0.39 is 6.09 Å². The van der Waals surface area contributed by atoms with Gasteiger partial charge in [0.05, 0.1) is 0 Å². The van der Waals surface area contributed by atoms with Crippen molar-refractivity contribution in [3.05, 3.63) is 0 Å². The average molecular weight is 155 g/mol. The number of carboxylic acid groups (broad SMARTS) is 1. The Morgan fingerprint density at radius 2 is 1.62 bits per heavy atom. The molecule has 0 unspecified atom stereocenters. The third kappa shape index (κ3) is 157. The topological polar surface area (TPSA) is 63.3 Å². The second kappa shape index (κ2) is 10.1. The van der Waals surface area contributed by atoms with Gasteiger partial charge < -0.3 is 10.8 Å². The Morgan fingerprint density at radius 1 is 1.50 bits per heavy atom. The molecule has 1 amide bonds. The minimum absolute atomic E-state index is 1.33. The minimum atomic E-state index is -1.33. The van der Waals surface area contributed by atoms with Gasteiger partial charge in [0.25, 0.3) is 0 Å². The molecule has 0 aliphatic heterocycles. The summed E-state index contributed by atoms with van der Waals surface area (Å²) in [6.45, 7) is 0. The van der Waals surface area contributed by atoms with Crippen LogP contribution in [0.15, 0.2) is 0 Å². The summed E-state index contributed by atoms with van der Waals surface area (Å²) in [6, 6.07) is 0. The molecule has 0 bridgehead atoms. The second-order valence-electron chi connectivity index (χ2n) is 0.672. The molecule has 0 aromatic rings. The van der Waals surface area contributed by atoms with Crippen molar-refractivity contribution < 1.29 is 9.90 Å². The van der Waals surface area contributed by atoms with Crippen molar-refractivity contribution in [2.45, 2.75) is 0 Å². The molecule has 0 aromatic carbocycles. The molecular weight excluding hydrogens is 146 g/mol. The predicted molar refractivity (Wildman–Crippen MR) is 39.2 cm³/mol. The summed E-state index contributed by atoms with van der Waals surface area (Å²) in [5.41, 5.74) is 4.03. The van der Waals surface area contributed by atoms with Gasteiger partial charge in [0, 0.05) is 0 Å². The first kappa shape index (κ1) is 10.9. The first-order valence-corrected chi connectivity index (χ1v) is 4.67. The van der Waals surface area contributed by atoms with Crippen LogP contribution < -0.4 is 5.73 Å². The Bertz CT molecular complexity index is 53.2. The molecule has 0 rings (SSSR count). The number of hydrogen-bond acceptors (Lipinski definition) is 3. The smallest absolute Gasteiger partial charge is 0.402 e. The molecule has 0 saturated heterocycles. The highest BCUT2D eigenvalue weighted by Crippen LogP contribution is 2.09. The summed E-state index contributed by atoms with van der Waals surface area (Å²) < 4.78 is 0. The number of nitrogens with two attached hydrogens (primary N) is 1. The van der Waals surface area contributed by atoms with Crippen LogP contribution in [-0.4, -0.2) is 23.7 Å². The minimum Gasteiger partial charge on any atom is -0.465 e. The highest BCUT2D eigenvalue weighted by Gasteiger charge is 1.65. The van der Waals surface area contributed by atoms with Crippen molar-refractivity contribution in [2.24, 2.45) is 5.73 Å². The molecule has 0 fully saturated rings. The van der Waals surface area contributed by atoms with Crippen LogP contribution in [0, 0.1) is 0 Å². The zero-order chi connectivity index (χ0) is 6.99. The van der Waals surface area contributed by atoms with Gasteiger partial charge >= 0.3 is 6.09 Å². The van der Waals surface area contributed by atoms with Crippen LogP contribution in [0.3, 0.4) is 0 Å². The quantitative estimate of drug-likeness (QED) is 0.559. The van der Waals surface area contributed by atoms with Gasteiger partial charge in [-0.3, -0.25) is 0 Å². The van der Waals surface area contributed by atoms with Crippen LogP contribution in [0.4, 0.5) is 4.79 Å². The Labute approximate surface area is 56.4 Å². The van der Waals surface area contributed by atoms with Crippen LogP contribution in [0.5, 0.6) is 0 Å². The van der Waals surface area contributed by atoms with Crippen molar-refractivity contribution in [3.63, 3.8) is 0 Å². The Balaban J connectivity index is 0. The molecular formula is C3H9NO2S2. The van der Waals surface area contributed by atoms with Crippen LogP contribution in [0.1, 0.15) is 0 Å². The number of rotatable bonds is 1. The number of amides is 1. The van der Waals surface area contributed by atoms with Gasteiger partial charge in [0.1, 0.15) is 0 Å². The van der Waals surface area contributed by atoms with Gasteiger partial charge in [-0.2, -0.15) is 0 Å². The standard InChI is InChI=1S/C2H6S2.CH3NO2/c1-3-4-2;2-1(3)4/h1-2H3;2H2,(H,3,4). The summed E-state index contributed by atoms with van der Waals surface area (Å²) in [5.74, 6) is 0. The number of carbonyl (C=O) groups is 1. The van der Waals surface area contributed by atoms with Gasteiger partial charge in [-0.25, -0.2) is 4.79 Å². The average Bonchev–Trinajstić information content (AvgIpc) is 1.65. The molecule has 0 radical (unpaired) electrons. The largest absolute Gasteiger partial charge is 0.465 e. The van der Waals surface area contributed by atoms with Gasteiger partial charge in [0.2, 0.25) is 0 Å². The molecule has 8 heavy (non-hydrogen) atoms. The van der Waals surface area contributed by atoms with E-state index in [9.17, 15) is 0 Å². The lowest BCUT2D eigenvalue weighted by Gasteiger charge is -1.69. The highest BCUT2D eigenvalue weighted by molar-refractivity contribution is 8.76. The number of primary amides is 1. The van der Waals surface area contributed by atoms with Crippen molar-refractivity contribution in [1.29, 1.82) is 0 Å². The van der Waals surface area contributed by atoms with Crippen LogP contribution in [0.2, 0.25) is 0 Å². The van der Waals surface area contributed by atoms with E-state index in [1.807, 2.05) is 0 Å². The number of hydrogen-bond donors (Lipinski definition) is 2. The Morgan fingerprint density at radius 3 is 1.62 bits per heavy atom. The summed E-state index contributed by atoms with van der Waals surface area (Å²) >= 11 is 0. The highest BCUT2D eigenvalue weighted by atomic mass is 33.1. The van der Waals surface area contributed by atoms with Gasteiger partial charge in [-0.1, -0.05) is 21.6 Å². The molecule has 0 atom stereocenters. The monoisotopic (exact) mass is 155 g/mol. The first-order valence-electron chi connectivity index (χ1n) is 1.70. The van der Waals surface area contributed by atoms with E-state index in [0.717, 1.165) is 0 Å². The molecule has 0 saturated carbocycles. The van der Waals surface area contributed by atoms with Crippen LogP contribution in [0.25, 0.3) is 0 Å². The molecule has 50 valence electrons. The van der Waals surface area contributed by atoms with Crippen molar-refractivity contribution in [3.8, 4) is 0 Å². The molecule has 5 heteroatoms. The third-order valence-corrected chi connectivity index (χ3v) is 1.50. The zero-order valence-corrected chi connectivity index (χ0v) is 6.38. The normalized spacial score (nSPS) is 6.75. The van der Waals surface area contributed by atoms with Gasteiger partial charge in [-0.15, -0.1) is 0 Å². The van der Waals surface area contributed by atoms with E-state index in [1.165, 1.54) is 0 Å². The van der Waals surface area contributed by atoms with Gasteiger partial charge in [0.15, 0.2) is 0 Å². The SMILES string of the molecule is CSSC.NC(=O)O. The zero-order valence-electron chi connectivity index (χ0n) is 4.75. The summed E-state index contributed by atoms with van der Waals surface area (Å²) in [6.07, 6.45) is 2.79. The van der Waals surface area contributed by atoms with Gasteiger partial charge in [-0.05, 0) is 12.5 Å². The van der Waals surface area contributed by atoms with E-state index in [0.29, 0.717) is 0 Å². The van der Waals surface area contributed by atoms with E-state index in [-0.39, 0.29) is 0 Å². The fraction of sp³-hybridized carbons (Fsp3) is 0.667. The Hall–Kier alpha value is -0.0300. The predicted octanol–water partition coefficient (Wildman–Crippen LogP) is 1.25. The molecule has 3 N–H and O–H groups in total. The van der Waals surface area contributed by atoms with Crippen molar-refractivity contribution in [1.82, 2.24) is 0 Å². The lowest BCUT2D eigenvalue weighted by molar-refractivity contribution is 0.205. The van der Waals surface area contributed by atoms with Crippen LogP contribution >= 0.6 is 21.6 Å². The second-order valence-corrected chi connectivity index (χ2v) is 3.34. The molecule has 0 aliphatic carbocycles. The maximum atomic E-state index is 8.78. The fourth-order valence-corrected chi connectivity index (χ4v) is 0. The molecule has 0 aliphatic rings. The summed E-state index contributed by atoms with van der Waals surface area (Å²) in [5, 5.41) is 7.19. The maximum Gasteiger partial charge on any atom is 0.402 e. The van der Waals surface area contributed by atoms with Crippen LogP contribution in [-0.2, 0) is 0 Å².